The Morgan fingerprint density at radius 3 is 2.53 bits per heavy atom. The second-order valence-electron chi connectivity index (χ2n) is 3.25. The van der Waals surface area contributed by atoms with Crippen LogP contribution in [0.1, 0.15) is 18.0 Å². The van der Waals surface area contributed by atoms with Crippen LogP contribution in [0.5, 0.6) is 11.5 Å². The molecule has 4 N–H and O–H groups in total. The molecule has 0 saturated heterocycles. The highest BCUT2D eigenvalue weighted by Gasteiger charge is 2.20. The van der Waals surface area contributed by atoms with E-state index in [1.54, 1.807) is 0 Å². The molecular weight excluding hydrogens is 255 g/mol. The average Bonchev–Trinajstić information content (AvgIpc) is 2.21. The maximum absolute atomic E-state index is 12.0. The zero-order valence-electron chi connectivity index (χ0n) is 8.67. The summed E-state index contributed by atoms with van der Waals surface area (Å²) in [7, 11) is 0. The maximum Gasteiger partial charge on any atom is 0.314 e. The predicted molar refractivity (Wildman–Crippen MR) is 61.2 cm³/mol. The third-order valence-electron chi connectivity index (χ3n) is 2.14. The van der Waals surface area contributed by atoms with Gasteiger partial charge < -0.3 is 15.9 Å². The van der Waals surface area contributed by atoms with Gasteiger partial charge in [0.25, 0.3) is 0 Å². The highest BCUT2D eigenvalue weighted by Crippen LogP contribution is 2.37. The predicted octanol–water partition coefficient (Wildman–Crippen LogP) is 1.79. The van der Waals surface area contributed by atoms with E-state index in [1.165, 1.54) is 0 Å². The quantitative estimate of drug-likeness (QED) is 0.437. The lowest BCUT2D eigenvalue weighted by atomic mass is 10.0. The fourth-order valence-electron chi connectivity index (χ4n) is 1.26. The molecule has 0 aromatic heterocycles. The molecule has 0 heterocycles. The molecule has 0 aliphatic carbocycles. The van der Waals surface area contributed by atoms with Crippen LogP contribution in [-0.4, -0.2) is 21.8 Å². The summed E-state index contributed by atoms with van der Waals surface area (Å²) < 4.78 is 12.0. The van der Waals surface area contributed by atoms with E-state index in [2.05, 4.69) is 0 Å². The number of nitrogens with zero attached hydrogens (tertiary/aromatic N) is 1. The molecule has 0 saturated carbocycles. The molecule has 0 unspecified atom stereocenters. The zero-order chi connectivity index (χ0) is 12.3. The molecule has 6 nitrogen and oxygen atoms in total. The molecule has 0 bridgehead atoms. The van der Waals surface area contributed by atoms with Crippen molar-refractivity contribution < 1.29 is 19.5 Å². The highest BCUT2D eigenvalue weighted by molar-refractivity contribution is 5.85. The molecule has 1 aromatic rings. The van der Waals surface area contributed by atoms with E-state index in [1.807, 2.05) is 0 Å². The molecule has 0 spiro atoms. The highest BCUT2D eigenvalue weighted by atomic mass is 35.5. The summed E-state index contributed by atoms with van der Waals surface area (Å²) in [5, 5.41) is 29.0. The first-order valence-corrected chi connectivity index (χ1v) is 4.49. The van der Waals surface area contributed by atoms with Crippen molar-refractivity contribution in [2.24, 2.45) is 5.73 Å². The van der Waals surface area contributed by atoms with E-state index >= 15 is 0 Å². The van der Waals surface area contributed by atoms with Gasteiger partial charge in [-0.15, -0.1) is 12.4 Å². The average molecular weight is 267 g/mol. The lowest BCUT2D eigenvalue weighted by Gasteiger charge is -2.10. The number of phenols is 2. The lowest BCUT2D eigenvalue weighted by molar-refractivity contribution is -0.386. The Hall–Kier alpha value is -1.60. The number of benzene rings is 1. The van der Waals surface area contributed by atoms with Crippen molar-refractivity contribution in [2.45, 2.75) is 12.5 Å². The van der Waals surface area contributed by atoms with Gasteiger partial charge in [0.05, 0.1) is 11.6 Å². The largest absolute Gasteiger partial charge is 0.504 e. The normalized spacial score (nSPS) is 11.6. The number of alkyl halides is 1. The number of rotatable bonds is 4. The van der Waals surface area contributed by atoms with Gasteiger partial charge in [-0.2, -0.15) is 0 Å². The van der Waals surface area contributed by atoms with E-state index in [0.717, 1.165) is 12.1 Å². The maximum atomic E-state index is 12.0. The van der Waals surface area contributed by atoms with Crippen molar-refractivity contribution >= 4 is 18.1 Å². The number of hydrogen-bond donors (Lipinski definition) is 3. The first-order chi connectivity index (χ1) is 7.47. The number of aromatic hydroxyl groups is 2. The van der Waals surface area contributed by atoms with E-state index < -0.39 is 34.8 Å². The Bertz CT molecular complexity index is 416. The third-order valence-corrected chi connectivity index (χ3v) is 2.14. The van der Waals surface area contributed by atoms with Crippen LogP contribution in [0.15, 0.2) is 12.1 Å². The molecule has 1 rings (SSSR count). The van der Waals surface area contributed by atoms with Crippen LogP contribution >= 0.6 is 12.4 Å². The zero-order valence-corrected chi connectivity index (χ0v) is 9.48. The smallest absolute Gasteiger partial charge is 0.314 e. The second kappa shape index (κ2) is 6.21. The van der Waals surface area contributed by atoms with E-state index in [-0.39, 0.29) is 24.4 Å². The van der Waals surface area contributed by atoms with E-state index in [4.69, 9.17) is 5.73 Å². The molecule has 1 atom stereocenters. The van der Waals surface area contributed by atoms with Crippen molar-refractivity contribution in [3.8, 4) is 11.5 Å². The van der Waals surface area contributed by atoms with Gasteiger partial charge in [-0.3, -0.25) is 14.5 Å². The Balaban J connectivity index is 0.00000256. The summed E-state index contributed by atoms with van der Waals surface area (Å²) in [6, 6.07) is 1.35. The van der Waals surface area contributed by atoms with Crippen LogP contribution in [0.3, 0.4) is 0 Å². The molecule has 96 valence electrons. The molecule has 0 amide bonds. The number of phenolic OH excluding ortho intramolecular Hbond substituents is 2. The first-order valence-electron chi connectivity index (χ1n) is 4.49. The van der Waals surface area contributed by atoms with E-state index in [0.29, 0.717) is 0 Å². The van der Waals surface area contributed by atoms with Crippen LogP contribution in [0.25, 0.3) is 0 Å². The third kappa shape index (κ3) is 3.43. The summed E-state index contributed by atoms with van der Waals surface area (Å²) in [6.07, 6.45) is -0.0125. The Kier molecular flexibility index (Phi) is 5.63. The minimum atomic E-state index is -0.847. The van der Waals surface area contributed by atoms with Gasteiger partial charge in [-0.25, -0.2) is 0 Å². The molecule has 0 fully saturated rings. The fraction of sp³-hybridized carbons (Fsp3) is 0.333. The summed E-state index contributed by atoms with van der Waals surface area (Å²) >= 11 is 0. The number of halogens is 2. The molecule has 8 heteroatoms. The summed E-state index contributed by atoms with van der Waals surface area (Å²) in [6.45, 7) is -0.670. The molecule has 0 aliphatic rings. The van der Waals surface area contributed by atoms with Gasteiger partial charge in [-0.1, -0.05) is 0 Å². The number of nitro groups is 1. The van der Waals surface area contributed by atoms with Crippen LogP contribution in [0.4, 0.5) is 10.1 Å². The Morgan fingerprint density at radius 1 is 1.47 bits per heavy atom. The van der Waals surface area contributed by atoms with Crippen LogP contribution in [0, 0.1) is 10.1 Å². The summed E-state index contributed by atoms with van der Waals surface area (Å²) in [4.78, 5) is 9.68. The van der Waals surface area contributed by atoms with Crippen LogP contribution in [-0.2, 0) is 0 Å². The molecule has 1 aromatic carbocycles. The molecule has 17 heavy (non-hydrogen) atoms. The first kappa shape index (κ1) is 15.4. The number of nitro benzene ring substituents is 1. The SMILES string of the molecule is Cl.N[C@@H](CCF)c1cc(O)c(O)c([N+](=O)[O-])c1. The molecule has 0 radical (unpaired) electrons. The van der Waals surface area contributed by atoms with Crippen molar-refractivity contribution in [3.63, 3.8) is 0 Å². The van der Waals surface area contributed by atoms with Crippen molar-refractivity contribution in [1.82, 2.24) is 0 Å². The van der Waals surface area contributed by atoms with Crippen molar-refractivity contribution in [1.29, 1.82) is 0 Å². The van der Waals surface area contributed by atoms with Crippen molar-refractivity contribution in [3.05, 3.63) is 27.8 Å². The number of nitrogens with two attached hydrogens (primary N) is 1. The number of hydrogen-bond acceptors (Lipinski definition) is 5. The van der Waals surface area contributed by atoms with Crippen LogP contribution < -0.4 is 5.73 Å². The topological polar surface area (TPSA) is 110 Å². The standard InChI is InChI=1S/C9H11FN2O4.ClH/c10-2-1-6(11)5-3-7(12(15)16)9(14)8(13)4-5;/h3-4,6,13-14H,1-2,11H2;1H/t6-;/m0./s1. The van der Waals surface area contributed by atoms with Gasteiger partial charge in [0.1, 0.15) is 0 Å². The van der Waals surface area contributed by atoms with Gasteiger partial charge in [-0.05, 0) is 18.1 Å². The van der Waals surface area contributed by atoms with Gasteiger partial charge in [0.15, 0.2) is 5.75 Å². The second-order valence-corrected chi connectivity index (χ2v) is 3.25. The van der Waals surface area contributed by atoms with E-state index in [9.17, 15) is 24.7 Å². The van der Waals surface area contributed by atoms with Gasteiger partial charge >= 0.3 is 5.69 Å². The van der Waals surface area contributed by atoms with Gasteiger partial charge in [0, 0.05) is 12.1 Å². The Morgan fingerprint density at radius 2 is 2.06 bits per heavy atom. The summed E-state index contributed by atoms with van der Waals surface area (Å²) in [5.41, 5.74) is 5.10. The minimum absolute atomic E-state index is 0. The van der Waals surface area contributed by atoms with Crippen molar-refractivity contribution in [2.75, 3.05) is 6.67 Å². The molecule has 0 aliphatic heterocycles. The monoisotopic (exact) mass is 266 g/mol. The summed E-state index contributed by atoms with van der Waals surface area (Å²) in [5.74, 6) is -1.46. The van der Waals surface area contributed by atoms with Crippen LogP contribution in [0.2, 0.25) is 0 Å². The molecular formula is C9H12ClFN2O4. The lowest BCUT2D eigenvalue weighted by Crippen LogP contribution is -2.11. The van der Waals surface area contributed by atoms with Gasteiger partial charge in [0.2, 0.25) is 5.75 Å². The fourth-order valence-corrected chi connectivity index (χ4v) is 1.26. The minimum Gasteiger partial charge on any atom is -0.504 e. The Labute approximate surface area is 102 Å².